The second-order valence-corrected chi connectivity index (χ2v) is 8.97. The van der Waals surface area contributed by atoms with Crippen LogP contribution in [0.25, 0.3) is 10.9 Å². The first-order chi connectivity index (χ1) is 16.6. The number of nitrogens with one attached hydrogen (secondary N) is 2. The van der Waals surface area contributed by atoms with Gasteiger partial charge in [0, 0.05) is 22.7 Å². The number of carbonyl (C=O) groups excluding carboxylic acids is 1. The first-order valence-electron chi connectivity index (χ1n) is 10.2. The van der Waals surface area contributed by atoms with E-state index in [4.69, 9.17) is 4.18 Å². The minimum Gasteiger partial charge on any atom is -0.378 e. The van der Waals surface area contributed by atoms with Crippen LogP contribution in [-0.4, -0.2) is 25.5 Å². The summed E-state index contributed by atoms with van der Waals surface area (Å²) in [4.78, 5) is 14.9. The highest BCUT2D eigenvalue weighted by Gasteiger charge is 2.31. The van der Waals surface area contributed by atoms with E-state index in [0.717, 1.165) is 28.6 Å². The minimum absolute atomic E-state index is 0.0712. The number of para-hydroxylation sites is 2. The Bertz CT molecular complexity index is 1490. The van der Waals surface area contributed by atoms with Crippen LogP contribution in [0, 0.1) is 0 Å². The molecular formula is C24H18F3N3O4S. The van der Waals surface area contributed by atoms with Gasteiger partial charge in [-0.3, -0.25) is 4.79 Å². The summed E-state index contributed by atoms with van der Waals surface area (Å²) >= 11 is 0. The fourth-order valence-corrected chi connectivity index (χ4v) is 4.26. The van der Waals surface area contributed by atoms with Gasteiger partial charge in [0.2, 0.25) is 5.91 Å². The Kier molecular flexibility index (Phi) is 6.61. The largest absolute Gasteiger partial charge is 0.416 e. The quantitative estimate of drug-likeness (QED) is 0.219. The second-order valence-electron chi connectivity index (χ2n) is 7.43. The minimum atomic E-state index is -4.59. The van der Waals surface area contributed by atoms with Crippen LogP contribution in [0.15, 0.2) is 89.0 Å². The summed E-state index contributed by atoms with van der Waals surface area (Å²) < 4.78 is 68.5. The van der Waals surface area contributed by atoms with Gasteiger partial charge in [-0.1, -0.05) is 30.3 Å². The standard InChI is InChI=1S/C24H18F3N3O4S/c25-24(26,27)18-9-11-19(12-10-18)35(32,33)34-22-8-4-1-5-16(22)15-29-30-23(31)13-17-14-28-21-7-3-2-6-20(17)21/h1-12,14-15,28H,13H2,(H,30,31)/b29-15+. The molecule has 0 saturated heterocycles. The number of amides is 1. The molecular weight excluding hydrogens is 483 g/mol. The Labute approximate surface area is 198 Å². The van der Waals surface area contributed by atoms with Crippen LogP contribution < -0.4 is 9.61 Å². The molecule has 1 heterocycles. The third-order valence-corrected chi connectivity index (χ3v) is 6.26. The smallest absolute Gasteiger partial charge is 0.378 e. The van der Waals surface area contributed by atoms with Crippen molar-refractivity contribution in [2.75, 3.05) is 0 Å². The molecule has 4 rings (SSSR count). The molecule has 180 valence electrons. The van der Waals surface area contributed by atoms with Crippen molar-refractivity contribution in [2.45, 2.75) is 17.5 Å². The van der Waals surface area contributed by atoms with E-state index in [1.165, 1.54) is 24.4 Å². The predicted molar refractivity (Wildman–Crippen MR) is 123 cm³/mol. The number of aromatic nitrogens is 1. The van der Waals surface area contributed by atoms with Gasteiger partial charge in [-0.2, -0.15) is 26.7 Å². The van der Waals surface area contributed by atoms with Crippen LogP contribution in [0.3, 0.4) is 0 Å². The van der Waals surface area contributed by atoms with E-state index in [1.807, 2.05) is 24.3 Å². The zero-order valence-corrected chi connectivity index (χ0v) is 18.7. The summed E-state index contributed by atoms with van der Waals surface area (Å²) in [6.07, 6.45) is -1.57. The Balaban J connectivity index is 1.44. The van der Waals surface area contributed by atoms with Crippen LogP contribution in [0.2, 0.25) is 0 Å². The number of carbonyl (C=O) groups is 1. The molecule has 3 aromatic carbocycles. The lowest BCUT2D eigenvalue weighted by Gasteiger charge is -2.11. The molecule has 0 fully saturated rings. The molecule has 1 amide bonds. The molecule has 11 heteroatoms. The lowest BCUT2D eigenvalue weighted by molar-refractivity contribution is -0.137. The molecule has 0 spiro atoms. The molecule has 4 aromatic rings. The normalized spacial score (nSPS) is 12.2. The number of hydrogen-bond acceptors (Lipinski definition) is 5. The van der Waals surface area contributed by atoms with Gasteiger partial charge in [0.05, 0.1) is 18.2 Å². The average molecular weight is 501 g/mol. The summed E-state index contributed by atoms with van der Waals surface area (Å²) in [7, 11) is -4.41. The SMILES string of the molecule is O=C(Cc1c[nH]c2ccccc12)N/N=C/c1ccccc1OS(=O)(=O)c1ccc(C(F)(F)F)cc1. The van der Waals surface area contributed by atoms with Crippen molar-refractivity contribution in [2.24, 2.45) is 5.10 Å². The van der Waals surface area contributed by atoms with Gasteiger partial charge in [-0.05, 0) is 48.0 Å². The monoisotopic (exact) mass is 501 g/mol. The van der Waals surface area contributed by atoms with Crippen molar-refractivity contribution in [1.29, 1.82) is 0 Å². The molecule has 0 saturated carbocycles. The molecule has 1 aromatic heterocycles. The summed E-state index contributed by atoms with van der Waals surface area (Å²) in [6, 6.07) is 16.5. The van der Waals surface area contributed by atoms with E-state index in [9.17, 15) is 26.4 Å². The molecule has 0 radical (unpaired) electrons. The van der Waals surface area contributed by atoms with Crippen LogP contribution in [-0.2, 0) is 27.5 Å². The Hall–Kier alpha value is -4.12. The summed E-state index contributed by atoms with van der Waals surface area (Å²) in [5, 5.41) is 4.79. The summed E-state index contributed by atoms with van der Waals surface area (Å²) in [5.74, 6) is -0.496. The number of hydrogen-bond donors (Lipinski definition) is 2. The van der Waals surface area contributed by atoms with Crippen molar-refractivity contribution in [1.82, 2.24) is 10.4 Å². The summed E-state index contributed by atoms with van der Waals surface area (Å²) in [6.45, 7) is 0. The van der Waals surface area contributed by atoms with Crippen LogP contribution >= 0.6 is 0 Å². The number of benzene rings is 3. The predicted octanol–water partition coefficient (Wildman–Crippen LogP) is 4.65. The zero-order valence-electron chi connectivity index (χ0n) is 17.9. The van der Waals surface area contributed by atoms with Gasteiger partial charge >= 0.3 is 16.3 Å². The number of rotatable bonds is 7. The maximum atomic E-state index is 12.7. The van der Waals surface area contributed by atoms with E-state index in [1.54, 1.807) is 12.3 Å². The van der Waals surface area contributed by atoms with Crippen molar-refractivity contribution >= 4 is 33.1 Å². The lowest BCUT2D eigenvalue weighted by atomic mass is 10.1. The third kappa shape index (κ3) is 5.69. The number of aromatic amines is 1. The fourth-order valence-electron chi connectivity index (χ4n) is 3.30. The van der Waals surface area contributed by atoms with Crippen LogP contribution in [0.4, 0.5) is 13.2 Å². The Morgan fingerprint density at radius 1 is 1.00 bits per heavy atom. The van der Waals surface area contributed by atoms with Crippen LogP contribution in [0.1, 0.15) is 16.7 Å². The van der Waals surface area contributed by atoms with Crippen molar-refractivity contribution in [3.8, 4) is 5.75 Å². The van der Waals surface area contributed by atoms with Gasteiger partial charge in [0.25, 0.3) is 0 Å². The van der Waals surface area contributed by atoms with Gasteiger partial charge in [0.15, 0.2) is 5.75 Å². The van der Waals surface area contributed by atoms with E-state index in [2.05, 4.69) is 15.5 Å². The van der Waals surface area contributed by atoms with E-state index < -0.39 is 26.8 Å². The Morgan fingerprint density at radius 3 is 2.43 bits per heavy atom. The number of halogens is 3. The molecule has 0 bridgehead atoms. The first kappa shape index (κ1) is 24.0. The second kappa shape index (κ2) is 9.63. The summed E-state index contributed by atoms with van der Waals surface area (Å²) in [5.41, 5.74) is 3.33. The number of hydrazone groups is 1. The van der Waals surface area contributed by atoms with Crippen molar-refractivity contribution < 1.29 is 30.6 Å². The maximum Gasteiger partial charge on any atom is 0.416 e. The van der Waals surface area contributed by atoms with Crippen molar-refractivity contribution in [3.63, 3.8) is 0 Å². The average Bonchev–Trinajstić information content (AvgIpc) is 3.22. The Morgan fingerprint density at radius 2 is 1.69 bits per heavy atom. The molecule has 0 atom stereocenters. The van der Waals surface area contributed by atoms with Gasteiger partial charge < -0.3 is 9.17 Å². The maximum absolute atomic E-state index is 12.7. The van der Waals surface area contributed by atoms with Gasteiger partial charge in [-0.15, -0.1) is 0 Å². The molecule has 0 aliphatic rings. The van der Waals surface area contributed by atoms with Crippen LogP contribution in [0.5, 0.6) is 5.75 Å². The highest BCUT2D eigenvalue weighted by molar-refractivity contribution is 7.87. The molecule has 2 N–H and O–H groups in total. The fraction of sp³-hybridized carbons (Fsp3) is 0.0833. The molecule has 35 heavy (non-hydrogen) atoms. The molecule has 0 unspecified atom stereocenters. The number of nitrogens with zero attached hydrogens (tertiary/aromatic N) is 1. The highest BCUT2D eigenvalue weighted by atomic mass is 32.2. The third-order valence-electron chi connectivity index (χ3n) is 5.01. The van der Waals surface area contributed by atoms with Crippen molar-refractivity contribution in [3.05, 3.63) is 95.7 Å². The van der Waals surface area contributed by atoms with Gasteiger partial charge in [-0.25, -0.2) is 5.43 Å². The first-order valence-corrected chi connectivity index (χ1v) is 11.6. The van der Waals surface area contributed by atoms with Gasteiger partial charge in [0.1, 0.15) is 4.90 Å². The zero-order chi connectivity index (χ0) is 25.1. The number of fused-ring (bicyclic) bond motifs is 1. The molecule has 7 nitrogen and oxygen atoms in total. The van der Waals surface area contributed by atoms with E-state index >= 15 is 0 Å². The highest BCUT2D eigenvalue weighted by Crippen LogP contribution is 2.30. The number of alkyl halides is 3. The molecule has 0 aliphatic carbocycles. The van der Waals surface area contributed by atoms with E-state index in [-0.39, 0.29) is 23.6 Å². The molecule has 0 aliphatic heterocycles. The van der Waals surface area contributed by atoms with E-state index in [0.29, 0.717) is 12.1 Å². The topological polar surface area (TPSA) is 101 Å². The number of H-pyrrole nitrogens is 1. The lowest BCUT2D eigenvalue weighted by Crippen LogP contribution is -2.19.